The molecule has 0 amide bonds. The zero-order valence-electron chi connectivity index (χ0n) is 7.41. The van der Waals surface area contributed by atoms with Crippen molar-refractivity contribution < 1.29 is 47.4 Å². The molecule has 1 atom stereocenters. The number of hydrogen-bond acceptors (Lipinski definition) is 2. The summed E-state index contributed by atoms with van der Waals surface area (Å²) in [4.78, 5) is 21.0. The molecule has 4 heteroatoms. The summed E-state index contributed by atoms with van der Waals surface area (Å²) < 4.78 is 0. The van der Waals surface area contributed by atoms with Gasteiger partial charge in [0.1, 0.15) is 5.78 Å². The van der Waals surface area contributed by atoms with Crippen LogP contribution in [0.5, 0.6) is 0 Å². The van der Waals surface area contributed by atoms with Crippen molar-refractivity contribution in [3.05, 3.63) is 6.42 Å². The van der Waals surface area contributed by atoms with Gasteiger partial charge < -0.3 is 9.90 Å². The van der Waals surface area contributed by atoms with Crippen molar-refractivity contribution in [3.63, 3.8) is 0 Å². The number of carboxylic acid groups (broad SMARTS) is 1. The fourth-order valence-electron chi connectivity index (χ4n) is 0.617. The second-order valence-electron chi connectivity index (χ2n) is 2.52. The van der Waals surface area contributed by atoms with Gasteiger partial charge in [-0.3, -0.25) is 11.2 Å². The van der Waals surface area contributed by atoms with Crippen molar-refractivity contribution >= 4 is 11.8 Å². The third-order valence-corrected chi connectivity index (χ3v) is 1.64. The van der Waals surface area contributed by atoms with Crippen LogP contribution in [-0.4, -0.2) is 16.9 Å². The third-order valence-electron chi connectivity index (χ3n) is 1.64. The van der Waals surface area contributed by atoms with Crippen LogP contribution in [-0.2, 0) is 42.3 Å². The van der Waals surface area contributed by atoms with Crippen LogP contribution >= 0.6 is 0 Å². The van der Waals surface area contributed by atoms with Gasteiger partial charge >= 0.3 is 0 Å². The Balaban J connectivity index is -0.000000167. The molecule has 0 bridgehead atoms. The van der Waals surface area contributed by atoms with Gasteiger partial charge in [0.2, 0.25) is 0 Å². The molecule has 0 fully saturated rings. The average Bonchev–Trinajstić information content (AvgIpc) is 1.98. The number of carbonyl (C=O) groups excluding carboxylic acids is 1. The van der Waals surface area contributed by atoms with Gasteiger partial charge in [-0.2, -0.15) is 0 Å². The SMILES string of the molecule is C.C.CCC(C)C(=O)C[CH-]C(=O)O.[Y]. The van der Waals surface area contributed by atoms with E-state index in [1.54, 1.807) is 6.92 Å². The Morgan fingerprint density at radius 3 is 2.07 bits per heavy atom. The second-order valence-corrected chi connectivity index (χ2v) is 2.52. The zero-order valence-corrected chi connectivity index (χ0v) is 10.2. The zero-order chi connectivity index (χ0) is 8.85. The van der Waals surface area contributed by atoms with Gasteiger partial charge in [-0.25, -0.2) is 0 Å². The van der Waals surface area contributed by atoms with Gasteiger partial charge in [0.05, 0.1) is 0 Å². The van der Waals surface area contributed by atoms with Crippen molar-refractivity contribution in [1.82, 2.24) is 0 Å². The standard InChI is InChI=1S/C8H13O3.2CH4.Y/c1-3-6(2)7(9)4-5-8(10)11;;;/h5-6H,3-4H2,1-2H3,(H,10,11);2*1H4;/q-1;;;. The fourth-order valence-corrected chi connectivity index (χ4v) is 0.617. The number of carboxylic acids is 1. The summed E-state index contributed by atoms with van der Waals surface area (Å²) in [5, 5.41) is 8.21. The largest absolute Gasteiger partial charge is 0.503 e. The Morgan fingerprint density at radius 1 is 1.36 bits per heavy atom. The molecule has 0 aromatic rings. The molecule has 0 heterocycles. The number of Topliss-reactive ketones (excluding diaryl/α,β-unsaturated/α-hetero) is 1. The molecular formula is C10H21O3Y-. The van der Waals surface area contributed by atoms with Crippen molar-refractivity contribution in [2.75, 3.05) is 0 Å². The van der Waals surface area contributed by atoms with Crippen LogP contribution < -0.4 is 0 Å². The summed E-state index contributed by atoms with van der Waals surface area (Å²) in [5.41, 5.74) is 0. The first-order valence-electron chi connectivity index (χ1n) is 3.66. The predicted molar refractivity (Wildman–Crippen MR) is 54.5 cm³/mol. The Morgan fingerprint density at radius 2 is 1.79 bits per heavy atom. The van der Waals surface area contributed by atoms with Crippen LogP contribution in [0.15, 0.2) is 0 Å². The molecule has 0 aromatic carbocycles. The van der Waals surface area contributed by atoms with E-state index in [0.717, 1.165) is 12.8 Å². The number of carbonyl (C=O) groups is 2. The van der Waals surface area contributed by atoms with Crippen LogP contribution in [0.1, 0.15) is 41.5 Å². The summed E-state index contributed by atoms with van der Waals surface area (Å²) in [5.74, 6) is -1.05. The minimum atomic E-state index is -1.03. The Labute approximate surface area is 113 Å². The van der Waals surface area contributed by atoms with Crippen molar-refractivity contribution in [2.24, 2.45) is 5.92 Å². The molecule has 0 aliphatic heterocycles. The quantitative estimate of drug-likeness (QED) is 0.786. The van der Waals surface area contributed by atoms with E-state index >= 15 is 0 Å². The molecule has 83 valence electrons. The normalized spacial score (nSPS) is 9.57. The molecule has 0 rings (SSSR count). The van der Waals surface area contributed by atoms with E-state index in [0.29, 0.717) is 0 Å². The van der Waals surface area contributed by atoms with E-state index in [1.165, 1.54) is 0 Å². The summed E-state index contributed by atoms with van der Waals surface area (Å²) in [7, 11) is 0. The molecule has 3 nitrogen and oxygen atoms in total. The number of aliphatic carboxylic acids is 1. The molecule has 0 aromatic heterocycles. The molecule has 1 N–H and O–H groups in total. The van der Waals surface area contributed by atoms with Gasteiger partial charge in [-0.05, 0) is 6.42 Å². The molecule has 14 heavy (non-hydrogen) atoms. The number of rotatable bonds is 5. The first-order valence-corrected chi connectivity index (χ1v) is 3.66. The van der Waals surface area contributed by atoms with E-state index in [1.807, 2.05) is 6.92 Å². The topological polar surface area (TPSA) is 54.4 Å². The first-order chi connectivity index (χ1) is 5.07. The molecular weight excluding hydrogens is 257 g/mol. The minimum absolute atomic E-state index is 0. The van der Waals surface area contributed by atoms with Crippen LogP contribution in [0, 0.1) is 12.3 Å². The minimum Gasteiger partial charge on any atom is -0.503 e. The molecule has 0 saturated carbocycles. The summed E-state index contributed by atoms with van der Waals surface area (Å²) in [6.07, 6.45) is 1.81. The van der Waals surface area contributed by atoms with E-state index in [4.69, 9.17) is 5.11 Å². The van der Waals surface area contributed by atoms with Crippen molar-refractivity contribution in [1.29, 1.82) is 0 Å². The maximum absolute atomic E-state index is 11.0. The van der Waals surface area contributed by atoms with Gasteiger partial charge in [0.15, 0.2) is 5.97 Å². The summed E-state index contributed by atoms with van der Waals surface area (Å²) in [6.45, 7) is 3.71. The maximum atomic E-state index is 11.0. The van der Waals surface area contributed by atoms with Crippen LogP contribution in [0.25, 0.3) is 0 Å². The Hall–Kier alpha value is 0.114. The first kappa shape index (κ1) is 23.7. The van der Waals surface area contributed by atoms with Crippen LogP contribution in [0.4, 0.5) is 0 Å². The van der Waals surface area contributed by atoms with Crippen molar-refractivity contribution in [3.8, 4) is 0 Å². The molecule has 1 unspecified atom stereocenters. The monoisotopic (exact) mass is 278 g/mol. The Kier molecular flexibility index (Phi) is 22.2. The van der Waals surface area contributed by atoms with E-state index < -0.39 is 5.97 Å². The van der Waals surface area contributed by atoms with Crippen LogP contribution in [0.2, 0.25) is 0 Å². The van der Waals surface area contributed by atoms with Gasteiger partial charge in [0, 0.05) is 38.6 Å². The fraction of sp³-hybridized carbons (Fsp3) is 0.700. The number of hydrogen-bond donors (Lipinski definition) is 1. The predicted octanol–water partition coefficient (Wildman–Crippen LogP) is 2.55. The molecule has 0 aliphatic rings. The Bertz CT molecular complexity index is 157. The third kappa shape index (κ3) is 12.1. The van der Waals surface area contributed by atoms with E-state index in [-0.39, 0.29) is 65.7 Å². The second kappa shape index (κ2) is 13.1. The number of ketones is 1. The van der Waals surface area contributed by atoms with Crippen LogP contribution in [0.3, 0.4) is 0 Å². The van der Waals surface area contributed by atoms with Gasteiger partial charge in [-0.1, -0.05) is 35.1 Å². The van der Waals surface area contributed by atoms with Gasteiger partial charge in [0.25, 0.3) is 0 Å². The molecule has 0 saturated heterocycles. The summed E-state index contributed by atoms with van der Waals surface area (Å²) in [6, 6.07) is 0. The van der Waals surface area contributed by atoms with Gasteiger partial charge in [-0.15, -0.1) is 0 Å². The molecule has 1 radical (unpaired) electrons. The average molecular weight is 278 g/mol. The summed E-state index contributed by atoms with van der Waals surface area (Å²) >= 11 is 0. The van der Waals surface area contributed by atoms with E-state index in [2.05, 4.69) is 0 Å². The maximum Gasteiger partial charge on any atom is 0.164 e. The van der Waals surface area contributed by atoms with Crippen molar-refractivity contribution in [2.45, 2.75) is 41.5 Å². The molecule has 0 aliphatic carbocycles. The molecule has 0 spiro atoms. The smallest absolute Gasteiger partial charge is 0.164 e. The van der Waals surface area contributed by atoms with E-state index in [9.17, 15) is 9.59 Å².